The number of hydrogen-bond acceptors (Lipinski definition) is 1. The van der Waals surface area contributed by atoms with E-state index in [-0.39, 0.29) is 0 Å². The Hall–Kier alpha value is -0.0400. The normalized spacial score (nSPS) is 31.2. The lowest BCUT2D eigenvalue weighted by Gasteiger charge is -2.36. The molecular formula is C12H25N. The summed E-state index contributed by atoms with van der Waals surface area (Å²) < 4.78 is 0. The number of hydrogen-bond donors (Lipinski definition) is 1. The van der Waals surface area contributed by atoms with Gasteiger partial charge in [-0.1, -0.05) is 34.6 Å². The van der Waals surface area contributed by atoms with Crippen LogP contribution >= 0.6 is 0 Å². The average Bonchev–Trinajstić information content (AvgIpc) is 1.93. The molecule has 0 aromatic rings. The van der Waals surface area contributed by atoms with Crippen molar-refractivity contribution in [1.82, 2.24) is 5.32 Å². The van der Waals surface area contributed by atoms with Crippen LogP contribution in [-0.4, -0.2) is 12.6 Å². The zero-order chi connectivity index (χ0) is 10.1. The third-order valence-corrected chi connectivity index (χ3v) is 3.56. The quantitative estimate of drug-likeness (QED) is 0.709. The zero-order valence-electron chi connectivity index (χ0n) is 9.85. The fourth-order valence-electron chi connectivity index (χ4n) is 1.72. The summed E-state index contributed by atoms with van der Waals surface area (Å²) in [6, 6.07) is 0.819. The first kappa shape index (κ1) is 11.0. The molecule has 0 bridgehead atoms. The Bertz CT molecular complexity index is 151. The molecule has 1 unspecified atom stereocenters. The van der Waals surface area contributed by atoms with E-state index in [1.165, 1.54) is 19.4 Å². The molecule has 78 valence electrons. The highest BCUT2D eigenvalue weighted by atomic mass is 14.9. The predicted molar refractivity (Wildman–Crippen MR) is 58.8 cm³/mol. The van der Waals surface area contributed by atoms with Crippen LogP contribution in [0.15, 0.2) is 0 Å². The molecule has 1 saturated carbocycles. The molecule has 1 heteroatoms. The summed E-state index contributed by atoms with van der Waals surface area (Å²) >= 11 is 0. The summed E-state index contributed by atoms with van der Waals surface area (Å²) in [5.41, 5.74) is 0.447. The van der Waals surface area contributed by atoms with Crippen molar-refractivity contribution in [3.05, 3.63) is 0 Å². The minimum atomic E-state index is 0.447. The van der Waals surface area contributed by atoms with Crippen molar-refractivity contribution in [2.45, 2.75) is 53.5 Å². The Morgan fingerprint density at radius 3 is 2.23 bits per heavy atom. The molecule has 0 spiro atoms. The Kier molecular flexibility index (Phi) is 3.39. The first-order valence-corrected chi connectivity index (χ1v) is 5.63. The molecule has 1 N–H and O–H groups in total. The number of rotatable bonds is 3. The molecule has 0 aliphatic heterocycles. The maximum atomic E-state index is 3.66. The SMILES string of the molecule is CC1CC(NCC(C)C(C)(C)C)C1. The van der Waals surface area contributed by atoms with Crippen LogP contribution in [0.2, 0.25) is 0 Å². The van der Waals surface area contributed by atoms with E-state index in [1.807, 2.05) is 0 Å². The first-order valence-electron chi connectivity index (χ1n) is 5.63. The van der Waals surface area contributed by atoms with Crippen molar-refractivity contribution < 1.29 is 0 Å². The maximum Gasteiger partial charge on any atom is 0.00722 e. The van der Waals surface area contributed by atoms with Crippen LogP contribution in [0.3, 0.4) is 0 Å². The Morgan fingerprint density at radius 2 is 1.85 bits per heavy atom. The molecule has 0 saturated heterocycles. The molecular weight excluding hydrogens is 158 g/mol. The van der Waals surface area contributed by atoms with E-state index in [4.69, 9.17) is 0 Å². The van der Waals surface area contributed by atoms with Gasteiger partial charge in [-0.05, 0) is 36.6 Å². The van der Waals surface area contributed by atoms with Crippen molar-refractivity contribution >= 4 is 0 Å². The molecule has 1 fully saturated rings. The van der Waals surface area contributed by atoms with Gasteiger partial charge >= 0.3 is 0 Å². The van der Waals surface area contributed by atoms with E-state index >= 15 is 0 Å². The summed E-state index contributed by atoms with van der Waals surface area (Å²) in [4.78, 5) is 0. The first-order chi connectivity index (χ1) is 5.89. The van der Waals surface area contributed by atoms with Gasteiger partial charge in [0.15, 0.2) is 0 Å². The Balaban J connectivity index is 2.12. The standard InChI is InChI=1S/C12H25N/c1-9-6-11(7-9)13-8-10(2)12(3,4)5/h9-11,13H,6-8H2,1-5H3. The zero-order valence-corrected chi connectivity index (χ0v) is 9.85. The predicted octanol–water partition coefficient (Wildman–Crippen LogP) is 3.06. The van der Waals surface area contributed by atoms with Crippen molar-refractivity contribution in [1.29, 1.82) is 0 Å². The van der Waals surface area contributed by atoms with Gasteiger partial charge in [-0.3, -0.25) is 0 Å². The fourth-order valence-corrected chi connectivity index (χ4v) is 1.72. The van der Waals surface area contributed by atoms with E-state index in [1.54, 1.807) is 0 Å². The molecule has 1 aliphatic rings. The highest BCUT2D eigenvalue weighted by molar-refractivity contribution is 4.83. The van der Waals surface area contributed by atoms with Crippen molar-refractivity contribution in [3.8, 4) is 0 Å². The van der Waals surface area contributed by atoms with Crippen molar-refractivity contribution in [2.75, 3.05) is 6.54 Å². The molecule has 0 radical (unpaired) electrons. The number of nitrogens with one attached hydrogen (secondary N) is 1. The Morgan fingerprint density at radius 1 is 1.31 bits per heavy atom. The highest BCUT2D eigenvalue weighted by Gasteiger charge is 2.26. The van der Waals surface area contributed by atoms with Gasteiger partial charge in [-0.25, -0.2) is 0 Å². The van der Waals surface area contributed by atoms with Crippen LogP contribution in [-0.2, 0) is 0 Å². The van der Waals surface area contributed by atoms with Crippen LogP contribution in [0.5, 0.6) is 0 Å². The lowest BCUT2D eigenvalue weighted by atomic mass is 9.79. The van der Waals surface area contributed by atoms with Gasteiger partial charge in [0, 0.05) is 6.04 Å². The minimum Gasteiger partial charge on any atom is -0.314 e. The largest absolute Gasteiger partial charge is 0.314 e. The molecule has 0 aromatic heterocycles. The van der Waals surface area contributed by atoms with Gasteiger partial charge in [-0.2, -0.15) is 0 Å². The second-order valence-electron chi connectivity index (χ2n) is 5.95. The summed E-state index contributed by atoms with van der Waals surface area (Å²) in [6.07, 6.45) is 2.77. The third kappa shape index (κ3) is 3.30. The van der Waals surface area contributed by atoms with Crippen molar-refractivity contribution in [2.24, 2.45) is 17.3 Å². The van der Waals surface area contributed by atoms with Crippen LogP contribution < -0.4 is 5.32 Å². The smallest absolute Gasteiger partial charge is 0.00722 e. The summed E-state index contributed by atoms with van der Waals surface area (Å²) in [6.45, 7) is 12.8. The molecule has 1 nitrogen and oxygen atoms in total. The van der Waals surface area contributed by atoms with Gasteiger partial charge in [0.25, 0.3) is 0 Å². The third-order valence-electron chi connectivity index (χ3n) is 3.56. The molecule has 1 rings (SSSR count). The summed E-state index contributed by atoms with van der Waals surface area (Å²) in [5.74, 6) is 1.73. The van der Waals surface area contributed by atoms with Gasteiger partial charge in [0.2, 0.25) is 0 Å². The highest BCUT2D eigenvalue weighted by Crippen LogP contribution is 2.28. The molecule has 0 aromatic carbocycles. The minimum absolute atomic E-state index is 0.447. The van der Waals surface area contributed by atoms with E-state index in [2.05, 4.69) is 39.9 Å². The lowest BCUT2D eigenvalue weighted by Crippen LogP contribution is -2.43. The average molecular weight is 183 g/mol. The van der Waals surface area contributed by atoms with Crippen LogP contribution in [0, 0.1) is 17.3 Å². The molecule has 13 heavy (non-hydrogen) atoms. The fraction of sp³-hybridized carbons (Fsp3) is 1.00. The van der Waals surface area contributed by atoms with Crippen LogP contribution in [0.1, 0.15) is 47.5 Å². The van der Waals surface area contributed by atoms with E-state index < -0.39 is 0 Å². The van der Waals surface area contributed by atoms with Gasteiger partial charge < -0.3 is 5.32 Å². The molecule has 0 heterocycles. The lowest BCUT2D eigenvalue weighted by molar-refractivity contribution is 0.196. The van der Waals surface area contributed by atoms with Crippen LogP contribution in [0.25, 0.3) is 0 Å². The van der Waals surface area contributed by atoms with E-state index in [9.17, 15) is 0 Å². The van der Waals surface area contributed by atoms with Gasteiger partial charge in [0.1, 0.15) is 0 Å². The molecule has 0 amide bonds. The second kappa shape index (κ2) is 4.00. The van der Waals surface area contributed by atoms with Gasteiger partial charge in [-0.15, -0.1) is 0 Å². The van der Waals surface area contributed by atoms with E-state index in [0.29, 0.717) is 5.41 Å². The summed E-state index contributed by atoms with van der Waals surface area (Å²) in [7, 11) is 0. The van der Waals surface area contributed by atoms with Gasteiger partial charge in [0.05, 0.1) is 0 Å². The monoisotopic (exact) mass is 183 g/mol. The van der Waals surface area contributed by atoms with Crippen molar-refractivity contribution in [3.63, 3.8) is 0 Å². The maximum absolute atomic E-state index is 3.66. The molecule has 1 atom stereocenters. The Labute approximate surface area is 83.3 Å². The topological polar surface area (TPSA) is 12.0 Å². The second-order valence-corrected chi connectivity index (χ2v) is 5.95. The molecule has 1 aliphatic carbocycles. The summed E-state index contributed by atoms with van der Waals surface area (Å²) in [5, 5.41) is 3.66. The van der Waals surface area contributed by atoms with Crippen LogP contribution in [0.4, 0.5) is 0 Å². The van der Waals surface area contributed by atoms with E-state index in [0.717, 1.165) is 17.9 Å².